The van der Waals surface area contributed by atoms with Gasteiger partial charge >= 0.3 is 0 Å². The molecule has 0 bridgehead atoms. The van der Waals surface area contributed by atoms with Crippen LogP contribution in [0.4, 0.5) is 5.69 Å². The summed E-state index contributed by atoms with van der Waals surface area (Å²) in [7, 11) is 2.00. The molecule has 1 aromatic carbocycles. The van der Waals surface area contributed by atoms with E-state index in [1.54, 1.807) is 0 Å². The SMILES string of the molecule is Cn1cncc1CNc1ccc(I)cc1. The standard InChI is InChI=1S/C11H12IN3/c1-15-8-13-6-11(15)7-14-10-4-2-9(12)3-5-10/h2-6,8,14H,7H2,1H3. The van der Waals surface area contributed by atoms with E-state index in [4.69, 9.17) is 0 Å². The minimum Gasteiger partial charge on any atom is -0.379 e. The van der Waals surface area contributed by atoms with Crippen LogP contribution in [0.3, 0.4) is 0 Å². The van der Waals surface area contributed by atoms with E-state index in [1.807, 2.05) is 24.1 Å². The van der Waals surface area contributed by atoms with Crippen molar-refractivity contribution in [1.82, 2.24) is 9.55 Å². The van der Waals surface area contributed by atoms with Crippen molar-refractivity contribution in [3.05, 3.63) is 46.1 Å². The van der Waals surface area contributed by atoms with Crippen molar-refractivity contribution in [3.8, 4) is 0 Å². The van der Waals surface area contributed by atoms with E-state index < -0.39 is 0 Å². The monoisotopic (exact) mass is 313 g/mol. The van der Waals surface area contributed by atoms with Crippen molar-refractivity contribution in [1.29, 1.82) is 0 Å². The van der Waals surface area contributed by atoms with Crippen molar-refractivity contribution < 1.29 is 0 Å². The van der Waals surface area contributed by atoms with Gasteiger partial charge in [-0.05, 0) is 46.9 Å². The summed E-state index contributed by atoms with van der Waals surface area (Å²) in [5, 5.41) is 3.35. The number of aromatic nitrogens is 2. The maximum atomic E-state index is 4.07. The topological polar surface area (TPSA) is 29.9 Å². The molecule has 1 N–H and O–H groups in total. The first kappa shape index (κ1) is 10.5. The molecule has 0 aliphatic rings. The number of imidazole rings is 1. The summed E-state index contributed by atoms with van der Waals surface area (Å²) in [6, 6.07) is 8.34. The summed E-state index contributed by atoms with van der Waals surface area (Å²) < 4.78 is 3.26. The molecular weight excluding hydrogens is 301 g/mol. The third-order valence-corrected chi connectivity index (χ3v) is 2.95. The molecule has 0 unspecified atom stereocenters. The Labute approximate surface area is 103 Å². The van der Waals surface area contributed by atoms with Crippen molar-refractivity contribution in [2.24, 2.45) is 7.05 Å². The normalized spacial score (nSPS) is 10.3. The Kier molecular flexibility index (Phi) is 3.25. The van der Waals surface area contributed by atoms with Gasteiger partial charge in [0.1, 0.15) is 0 Å². The zero-order chi connectivity index (χ0) is 10.7. The molecule has 0 amide bonds. The Morgan fingerprint density at radius 3 is 2.67 bits per heavy atom. The second-order valence-electron chi connectivity index (χ2n) is 3.36. The first-order valence-electron chi connectivity index (χ1n) is 4.70. The van der Waals surface area contributed by atoms with Gasteiger partial charge in [0.15, 0.2) is 0 Å². The highest BCUT2D eigenvalue weighted by molar-refractivity contribution is 14.1. The van der Waals surface area contributed by atoms with Crippen molar-refractivity contribution >= 4 is 28.3 Å². The molecule has 15 heavy (non-hydrogen) atoms. The molecule has 0 saturated carbocycles. The Hall–Kier alpha value is -1.04. The van der Waals surface area contributed by atoms with E-state index in [0.29, 0.717) is 0 Å². The van der Waals surface area contributed by atoms with Gasteiger partial charge in [0.25, 0.3) is 0 Å². The van der Waals surface area contributed by atoms with Crippen molar-refractivity contribution in [2.45, 2.75) is 6.54 Å². The van der Waals surface area contributed by atoms with E-state index in [1.165, 1.54) is 9.26 Å². The first-order chi connectivity index (χ1) is 7.25. The number of anilines is 1. The smallest absolute Gasteiger partial charge is 0.0946 e. The van der Waals surface area contributed by atoms with E-state index in [2.05, 4.69) is 57.2 Å². The zero-order valence-corrected chi connectivity index (χ0v) is 10.6. The molecule has 0 saturated heterocycles. The van der Waals surface area contributed by atoms with Gasteiger partial charge in [0.2, 0.25) is 0 Å². The predicted molar refractivity (Wildman–Crippen MR) is 69.7 cm³/mol. The first-order valence-corrected chi connectivity index (χ1v) is 5.78. The Bertz CT molecular complexity index is 433. The Balaban J connectivity index is 1.99. The molecule has 2 aromatic rings. The summed E-state index contributed by atoms with van der Waals surface area (Å²) >= 11 is 2.30. The molecule has 0 fully saturated rings. The molecule has 0 radical (unpaired) electrons. The highest BCUT2D eigenvalue weighted by Gasteiger charge is 1.97. The predicted octanol–water partition coefficient (Wildman–Crippen LogP) is 2.64. The van der Waals surface area contributed by atoms with E-state index in [-0.39, 0.29) is 0 Å². The lowest BCUT2D eigenvalue weighted by Gasteiger charge is -2.06. The number of hydrogen-bond donors (Lipinski definition) is 1. The van der Waals surface area contributed by atoms with Crippen molar-refractivity contribution in [2.75, 3.05) is 5.32 Å². The van der Waals surface area contributed by atoms with Gasteiger partial charge in [-0.25, -0.2) is 4.98 Å². The molecule has 1 aromatic heterocycles. The number of aryl methyl sites for hydroxylation is 1. The van der Waals surface area contributed by atoms with Gasteiger partial charge in [-0.15, -0.1) is 0 Å². The van der Waals surface area contributed by atoms with Crippen molar-refractivity contribution in [3.63, 3.8) is 0 Å². The molecule has 0 atom stereocenters. The molecule has 0 aliphatic carbocycles. The summed E-state index contributed by atoms with van der Waals surface area (Å²) in [5.41, 5.74) is 2.31. The van der Waals surface area contributed by atoms with Crippen LogP contribution in [0.5, 0.6) is 0 Å². The maximum Gasteiger partial charge on any atom is 0.0946 e. The highest BCUT2D eigenvalue weighted by Crippen LogP contribution is 2.12. The maximum absolute atomic E-state index is 4.07. The lowest BCUT2D eigenvalue weighted by atomic mass is 10.3. The molecule has 0 spiro atoms. The van der Waals surface area contributed by atoms with Crippen LogP contribution < -0.4 is 5.32 Å². The number of hydrogen-bond acceptors (Lipinski definition) is 2. The molecule has 4 heteroatoms. The Morgan fingerprint density at radius 2 is 2.07 bits per heavy atom. The Morgan fingerprint density at radius 1 is 1.33 bits per heavy atom. The minimum atomic E-state index is 0.803. The number of rotatable bonds is 3. The van der Waals surface area contributed by atoms with E-state index in [9.17, 15) is 0 Å². The zero-order valence-electron chi connectivity index (χ0n) is 8.44. The third kappa shape index (κ3) is 2.71. The molecule has 78 valence electrons. The second kappa shape index (κ2) is 4.65. The fraction of sp³-hybridized carbons (Fsp3) is 0.182. The number of nitrogens with one attached hydrogen (secondary N) is 1. The van der Waals surface area contributed by atoms with Gasteiger partial charge < -0.3 is 9.88 Å². The van der Waals surface area contributed by atoms with Gasteiger partial charge in [-0.2, -0.15) is 0 Å². The van der Waals surface area contributed by atoms with E-state index in [0.717, 1.165) is 12.2 Å². The molecule has 3 nitrogen and oxygen atoms in total. The molecule has 2 rings (SSSR count). The van der Waals surface area contributed by atoms with Crippen LogP contribution in [0.15, 0.2) is 36.8 Å². The average molecular weight is 313 g/mol. The lowest BCUT2D eigenvalue weighted by molar-refractivity contribution is 0.837. The van der Waals surface area contributed by atoms with Crippen LogP contribution in [0.25, 0.3) is 0 Å². The van der Waals surface area contributed by atoms with Gasteiger partial charge in [-0.1, -0.05) is 0 Å². The largest absolute Gasteiger partial charge is 0.379 e. The molecular formula is C11H12IN3. The van der Waals surface area contributed by atoms with Gasteiger partial charge in [0.05, 0.1) is 18.6 Å². The molecule has 1 heterocycles. The van der Waals surface area contributed by atoms with Crippen LogP contribution >= 0.6 is 22.6 Å². The van der Waals surface area contributed by atoms with Crippen LogP contribution in [0, 0.1) is 3.57 Å². The van der Waals surface area contributed by atoms with Gasteiger partial charge in [0, 0.05) is 22.5 Å². The van der Waals surface area contributed by atoms with E-state index >= 15 is 0 Å². The van der Waals surface area contributed by atoms with Gasteiger partial charge in [-0.3, -0.25) is 0 Å². The molecule has 0 aliphatic heterocycles. The number of halogens is 1. The van der Waals surface area contributed by atoms with Crippen LogP contribution in [-0.2, 0) is 13.6 Å². The summed E-state index contributed by atoms with van der Waals surface area (Å²) in [5.74, 6) is 0. The summed E-state index contributed by atoms with van der Waals surface area (Å²) in [4.78, 5) is 4.07. The lowest BCUT2D eigenvalue weighted by Crippen LogP contribution is -2.03. The second-order valence-corrected chi connectivity index (χ2v) is 4.60. The van der Waals surface area contributed by atoms with Crippen LogP contribution in [0.2, 0.25) is 0 Å². The summed E-state index contributed by atoms with van der Waals surface area (Å²) in [6.45, 7) is 0.803. The van der Waals surface area contributed by atoms with Crippen LogP contribution in [-0.4, -0.2) is 9.55 Å². The number of benzene rings is 1. The fourth-order valence-electron chi connectivity index (χ4n) is 1.32. The minimum absolute atomic E-state index is 0.803. The fourth-order valence-corrected chi connectivity index (χ4v) is 1.67. The highest BCUT2D eigenvalue weighted by atomic mass is 127. The third-order valence-electron chi connectivity index (χ3n) is 2.23. The van der Waals surface area contributed by atoms with Crippen LogP contribution in [0.1, 0.15) is 5.69 Å². The average Bonchev–Trinajstić information content (AvgIpc) is 2.63. The quantitative estimate of drug-likeness (QED) is 0.883. The summed E-state index contributed by atoms with van der Waals surface area (Å²) in [6.07, 6.45) is 3.69. The number of nitrogens with zero attached hydrogens (tertiary/aromatic N) is 2.